The third-order valence-corrected chi connectivity index (χ3v) is 5.50. The largest absolute Gasteiger partial charge is 0.355 e. The number of hydrogen-bond acceptors (Lipinski definition) is 5. The first-order chi connectivity index (χ1) is 11.2. The topological polar surface area (TPSA) is 87.5 Å². The standard InChI is InChI=1S/C16H20N6O/c1-11-8-22(13(23)2-5-17)16(11)4-7-21(9-16)15-12-3-6-18-14(12)19-10-20-15/h3,6,11,20H,2,4,7-10H2,1H3,(H,18,19). The number of likely N-dealkylation sites (tertiary alicyclic amines) is 2. The molecule has 7 nitrogen and oxygen atoms in total. The molecule has 120 valence electrons. The fourth-order valence-corrected chi connectivity index (χ4v) is 4.18. The van der Waals surface area contributed by atoms with Crippen LogP contribution in [0.4, 0.5) is 0 Å². The van der Waals surface area contributed by atoms with E-state index in [0.717, 1.165) is 42.6 Å². The minimum atomic E-state index is -0.117. The number of nitrogens with zero attached hydrogens (tertiary/aromatic N) is 4. The molecule has 0 aromatic carbocycles. The van der Waals surface area contributed by atoms with E-state index in [4.69, 9.17) is 5.26 Å². The van der Waals surface area contributed by atoms with E-state index in [2.05, 4.69) is 27.1 Å². The quantitative estimate of drug-likeness (QED) is 0.741. The maximum atomic E-state index is 12.2. The van der Waals surface area contributed by atoms with Crippen LogP contribution in [0.15, 0.2) is 17.3 Å². The van der Waals surface area contributed by atoms with Gasteiger partial charge in [0.05, 0.1) is 16.8 Å². The predicted molar refractivity (Wildman–Crippen MR) is 83.0 cm³/mol. The summed E-state index contributed by atoms with van der Waals surface area (Å²) >= 11 is 0. The highest BCUT2D eigenvalue weighted by molar-refractivity contribution is 5.80. The Morgan fingerprint density at radius 1 is 1.61 bits per heavy atom. The summed E-state index contributed by atoms with van der Waals surface area (Å²) in [5.74, 6) is 1.53. The Hall–Kier alpha value is -2.49. The van der Waals surface area contributed by atoms with E-state index in [0.29, 0.717) is 12.6 Å². The van der Waals surface area contributed by atoms with Crippen LogP contribution in [0, 0.1) is 17.2 Å². The Bertz CT molecular complexity index is 805. The molecule has 4 heterocycles. The van der Waals surface area contributed by atoms with E-state index in [-0.39, 0.29) is 17.9 Å². The number of nitrogens with one attached hydrogen (secondary N) is 2. The molecule has 2 saturated heterocycles. The second-order valence-electron chi connectivity index (χ2n) is 6.60. The van der Waals surface area contributed by atoms with Crippen LogP contribution in [0.3, 0.4) is 0 Å². The van der Waals surface area contributed by atoms with Gasteiger partial charge in [0.25, 0.3) is 0 Å². The highest BCUT2D eigenvalue weighted by Gasteiger charge is 2.56. The van der Waals surface area contributed by atoms with Crippen LogP contribution in [0.1, 0.15) is 19.8 Å². The number of rotatable bonds is 2. The summed E-state index contributed by atoms with van der Waals surface area (Å²) in [5.41, 5.74) is 0.798. The zero-order valence-corrected chi connectivity index (χ0v) is 13.2. The van der Waals surface area contributed by atoms with E-state index in [1.165, 1.54) is 0 Å². The first kappa shape index (κ1) is 14.1. The molecule has 23 heavy (non-hydrogen) atoms. The number of aromatic nitrogens is 1. The Balaban J connectivity index is 1.63. The van der Waals surface area contributed by atoms with Gasteiger partial charge in [0.1, 0.15) is 24.4 Å². The third kappa shape index (κ3) is 1.94. The Morgan fingerprint density at radius 3 is 3.26 bits per heavy atom. The molecule has 2 N–H and O–H groups in total. The summed E-state index contributed by atoms with van der Waals surface area (Å²) in [7, 11) is 0. The Kier molecular flexibility index (Phi) is 3.08. The van der Waals surface area contributed by atoms with Gasteiger partial charge in [-0.25, -0.2) is 4.99 Å². The van der Waals surface area contributed by atoms with Crippen molar-refractivity contribution in [2.24, 2.45) is 10.9 Å². The van der Waals surface area contributed by atoms with E-state index in [9.17, 15) is 4.79 Å². The molecule has 2 atom stereocenters. The fourth-order valence-electron chi connectivity index (χ4n) is 4.18. The van der Waals surface area contributed by atoms with Gasteiger partial charge in [0.15, 0.2) is 0 Å². The molecule has 4 rings (SSSR count). The minimum Gasteiger partial charge on any atom is -0.355 e. The molecule has 0 aliphatic carbocycles. The van der Waals surface area contributed by atoms with Crippen molar-refractivity contribution in [1.29, 1.82) is 5.26 Å². The Labute approximate surface area is 134 Å². The smallest absolute Gasteiger partial charge is 0.237 e. The summed E-state index contributed by atoms with van der Waals surface area (Å²) in [6.07, 6.45) is 2.83. The number of nitriles is 1. The summed E-state index contributed by atoms with van der Waals surface area (Å²) in [5, 5.41) is 13.3. The minimum absolute atomic E-state index is 0.0237. The zero-order chi connectivity index (χ0) is 16.0. The Morgan fingerprint density at radius 2 is 2.48 bits per heavy atom. The van der Waals surface area contributed by atoms with Gasteiger partial charge in [-0.15, -0.1) is 0 Å². The fraction of sp³-hybridized carbons (Fsp3) is 0.562. The molecule has 2 unspecified atom stereocenters. The van der Waals surface area contributed by atoms with E-state index < -0.39 is 0 Å². The average molecular weight is 312 g/mol. The van der Waals surface area contributed by atoms with Crippen molar-refractivity contribution < 1.29 is 4.79 Å². The lowest BCUT2D eigenvalue weighted by Gasteiger charge is -2.56. The molecule has 0 bridgehead atoms. The molecular formula is C16H20N6O. The zero-order valence-electron chi connectivity index (χ0n) is 13.2. The number of aromatic amines is 1. The molecule has 2 fully saturated rings. The monoisotopic (exact) mass is 312 g/mol. The van der Waals surface area contributed by atoms with Gasteiger partial charge in [-0.05, 0) is 18.4 Å². The number of hydrogen-bond donors (Lipinski definition) is 2. The van der Waals surface area contributed by atoms with Gasteiger partial charge in [-0.1, -0.05) is 6.92 Å². The molecule has 1 spiro atoms. The van der Waals surface area contributed by atoms with Gasteiger partial charge >= 0.3 is 0 Å². The number of amides is 1. The van der Waals surface area contributed by atoms with E-state index in [1.807, 2.05) is 23.2 Å². The highest BCUT2D eigenvalue weighted by atomic mass is 16.2. The second-order valence-corrected chi connectivity index (χ2v) is 6.60. The summed E-state index contributed by atoms with van der Waals surface area (Å²) in [6, 6.07) is 4.02. The average Bonchev–Trinajstić information content (AvgIpc) is 3.20. The number of carbonyl (C=O) groups excluding carboxylic acids is 1. The molecule has 3 aliphatic rings. The summed E-state index contributed by atoms with van der Waals surface area (Å²) in [6.45, 7) is 5.27. The summed E-state index contributed by atoms with van der Waals surface area (Å²) in [4.78, 5) is 24.0. The normalized spacial score (nSPS) is 28.7. The van der Waals surface area contributed by atoms with Crippen molar-refractivity contribution in [2.75, 3.05) is 26.3 Å². The van der Waals surface area contributed by atoms with Gasteiger partial charge < -0.3 is 20.1 Å². The van der Waals surface area contributed by atoms with Crippen molar-refractivity contribution >= 4 is 11.7 Å². The van der Waals surface area contributed by atoms with Crippen LogP contribution >= 0.6 is 0 Å². The van der Waals surface area contributed by atoms with Crippen molar-refractivity contribution in [2.45, 2.75) is 25.3 Å². The van der Waals surface area contributed by atoms with E-state index in [1.54, 1.807) is 0 Å². The molecule has 3 aliphatic heterocycles. The molecule has 1 aromatic rings. The van der Waals surface area contributed by atoms with Crippen molar-refractivity contribution in [3.63, 3.8) is 0 Å². The van der Waals surface area contributed by atoms with Crippen molar-refractivity contribution in [3.05, 3.63) is 23.0 Å². The van der Waals surface area contributed by atoms with Crippen LogP contribution < -0.4 is 16.0 Å². The molecule has 0 saturated carbocycles. The molecule has 7 heteroatoms. The third-order valence-electron chi connectivity index (χ3n) is 5.50. The van der Waals surface area contributed by atoms with Crippen LogP contribution in [0.5, 0.6) is 0 Å². The van der Waals surface area contributed by atoms with Crippen LogP contribution in [0.2, 0.25) is 0 Å². The number of fused-ring (bicyclic) bond motifs is 1. The van der Waals surface area contributed by atoms with E-state index >= 15 is 0 Å². The van der Waals surface area contributed by atoms with Gasteiger partial charge in [-0.2, -0.15) is 5.26 Å². The second kappa shape index (κ2) is 5.01. The lowest BCUT2D eigenvalue weighted by Crippen LogP contribution is -2.69. The number of H-pyrrole nitrogens is 1. The van der Waals surface area contributed by atoms with Gasteiger partial charge in [-0.3, -0.25) is 4.79 Å². The van der Waals surface area contributed by atoms with Crippen LogP contribution in [-0.2, 0) is 4.79 Å². The number of carbonyl (C=O) groups is 1. The first-order valence-electron chi connectivity index (χ1n) is 8.04. The van der Waals surface area contributed by atoms with Crippen LogP contribution in [-0.4, -0.2) is 52.5 Å². The molecule has 0 radical (unpaired) electrons. The first-order valence-corrected chi connectivity index (χ1v) is 8.04. The maximum Gasteiger partial charge on any atom is 0.237 e. The van der Waals surface area contributed by atoms with Crippen molar-refractivity contribution in [1.82, 2.24) is 20.1 Å². The van der Waals surface area contributed by atoms with Crippen molar-refractivity contribution in [3.8, 4) is 6.07 Å². The lowest BCUT2D eigenvalue weighted by atomic mass is 9.74. The van der Waals surface area contributed by atoms with Crippen LogP contribution in [0.25, 0.3) is 5.82 Å². The summed E-state index contributed by atoms with van der Waals surface area (Å²) < 4.78 is 0. The van der Waals surface area contributed by atoms with Gasteiger partial charge in [0, 0.05) is 25.8 Å². The molecular weight excluding hydrogens is 292 g/mol. The highest BCUT2D eigenvalue weighted by Crippen LogP contribution is 2.44. The molecule has 1 aromatic heterocycles. The lowest BCUT2D eigenvalue weighted by molar-refractivity contribution is -0.153. The molecule has 1 amide bonds. The SMILES string of the molecule is CC1CN(C(=O)CC#N)C12CCN(C1=c3cc[nH]c3=NCN1)C2. The predicted octanol–water partition coefficient (Wildman–Crippen LogP) is -0.903. The van der Waals surface area contributed by atoms with Gasteiger partial charge in [0.2, 0.25) is 5.91 Å². The maximum absolute atomic E-state index is 12.2.